The van der Waals surface area contributed by atoms with Crippen molar-refractivity contribution in [3.63, 3.8) is 0 Å². The summed E-state index contributed by atoms with van der Waals surface area (Å²) >= 11 is 0. The van der Waals surface area contributed by atoms with Gasteiger partial charge in [0, 0.05) is 30.3 Å². The molecule has 2 aromatic carbocycles. The Hall–Kier alpha value is -3.39. The predicted molar refractivity (Wildman–Crippen MR) is 129 cm³/mol. The van der Waals surface area contributed by atoms with Gasteiger partial charge in [-0.25, -0.2) is 0 Å². The van der Waals surface area contributed by atoms with Crippen molar-refractivity contribution in [1.82, 2.24) is 5.01 Å². The zero-order valence-electron chi connectivity index (χ0n) is 19.2. The Bertz CT molecular complexity index is 1020. The molecule has 4 rings (SSSR count). The summed E-state index contributed by atoms with van der Waals surface area (Å²) in [6.45, 7) is 2.24. The lowest BCUT2D eigenvalue weighted by Crippen LogP contribution is -2.25. The summed E-state index contributed by atoms with van der Waals surface area (Å²) in [7, 11) is 0. The van der Waals surface area contributed by atoms with Crippen molar-refractivity contribution < 1.29 is 24.2 Å². The Morgan fingerprint density at radius 1 is 1.15 bits per heavy atom. The molecular formula is C26H31N3O5. The number of aliphatic hydroxyl groups excluding tert-OH is 1. The van der Waals surface area contributed by atoms with E-state index in [0.717, 1.165) is 30.0 Å². The first-order valence-corrected chi connectivity index (χ1v) is 11.8. The van der Waals surface area contributed by atoms with E-state index < -0.39 is 0 Å². The summed E-state index contributed by atoms with van der Waals surface area (Å²) in [5.41, 5.74) is 3.13. The third kappa shape index (κ3) is 6.57. The van der Waals surface area contributed by atoms with Crippen LogP contribution in [-0.4, -0.2) is 61.1 Å². The van der Waals surface area contributed by atoms with Gasteiger partial charge < -0.3 is 19.9 Å². The van der Waals surface area contributed by atoms with Crippen molar-refractivity contribution in [3.8, 4) is 5.75 Å². The lowest BCUT2D eigenvalue weighted by Gasteiger charge is -2.25. The van der Waals surface area contributed by atoms with Crippen LogP contribution in [0, 0.1) is 5.92 Å². The first-order chi connectivity index (χ1) is 16.6. The molecular weight excluding hydrogens is 434 g/mol. The number of rotatable bonds is 8. The molecule has 34 heavy (non-hydrogen) atoms. The van der Waals surface area contributed by atoms with Gasteiger partial charge in [0.1, 0.15) is 12.4 Å². The molecule has 2 N–H and O–H groups in total. The van der Waals surface area contributed by atoms with Gasteiger partial charge in [0.2, 0.25) is 0 Å². The lowest BCUT2D eigenvalue weighted by atomic mass is 9.93. The number of amides is 1. The van der Waals surface area contributed by atoms with E-state index in [-0.39, 0.29) is 37.4 Å². The highest BCUT2D eigenvalue weighted by Crippen LogP contribution is 2.31. The topological polar surface area (TPSA) is 100 Å². The van der Waals surface area contributed by atoms with E-state index in [1.165, 1.54) is 19.3 Å². The van der Waals surface area contributed by atoms with Crippen LogP contribution in [0.5, 0.6) is 5.75 Å². The third-order valence-corrected chi connectivity index (χ3v) is 5.99. The molecule has 180 valence electrons. The molecule has 2 aromatic rings. The molecule has 1 amide bonds. The van der Waals surface area contributed by atoms with Crippen LogP contribution in [0.1, 0.15) is 47.2 Å². The van der Waals surface area contributed by atoms with Crippen molar-refractivity contribution in [1.29, 1.82) is 0 Å². The maximum Gasteiger partial charge on any atom is 0.306 e. The Morgan fingerprint density at radius 2 is 1.94 bits per heavy atom. The fourth-order valence-corrected chi connectivity index (χ4v) is 4.19. The quantitative estimate of drug-likeness (QED) is 0.459. The Kier molecular flexibility index (Phi) is 8.14. The minimum absolute atomic E-state index is 0.00536. The summed E-state index contributed by atoms with van der Waals surface area (Å²) in [6, 6.07) is 12.9. The van der Waals surface area contributed by atoms with E-state index in [0.29, 0.717) is 24.3 Å². The molecule has 0 aliphatic carbocycles. The SMILES string of the molecule is O=C(CC1COc2ccc(NC(=O)c3ccc(/C=N/N4CCCCC4)cc3)cc2C1)OCCO. The van der Waals surface area contributed by atoms with Crippen molar-refractivity contribution >= 4 is 23.8 Å². The molecule has 0 saturated carbocycles. The van der Waals surface area contributed by atoms with Crippen LogP contribution in [0.3, 0.4) is 0 Å². The van der Waals surface area contributed by atoms with Crippen LogP contribution in [-0.2, 0) is 16.0 Å². The van der Waals surface area contributed by atoms with Gasteiger partial charge in [0.05, 0.1) is 25.8 Å². The second-order valence-corrected chi connectivity index (χ2v) is 8.69. The molecule has 1 fully saturated rings. The van der Waals surface area contributed by atoms with Gasteiger partial charge in [-0.15, -0.1) is 0 Å². The maximum absolute atomic E-state index is 12.7. The number of benzene rings is 2. The maximum atomic E-state index is 12.7. The first-order valence-electron chi connectivity index (χ1n) is 11.8. The molecule has 0 aromatic heterocycles. The number of hydrazone groups is 1. The van der Waals surface area contributed by atoms with Crippen molar-refractivity contribution in [2.75, 3.05) is 38.2 Å². The second kappa shape index (κ2) is 11.7. The van der Waals surface area contributed by atoms with E-state index in [1.807, 2.05) is 36.5 Å². The summed E-state index contributed by atoms with van der Waals surface area (Å²) in [6.07, 6.45) is 6.36. The summed E-state index contributed by atoms with van der Waals surface area (Å²) in [4.78, 5) is 24.6. The van der Waals surface area contributed by atoms with Gasteiger partial charge in [-0.3, -0.25) is 14.6 Å². The van der Waals surface area contributed by atoms with Crippen LogP contribution in [0.25, 0.3) is 0 Å². The molecule has 0 radical (unpaired) electrons. The van der Waals surface area contributed by atoms with Crippen molar-refractivity contribution in [3.05, 3.63) is 59.2 Å². The first kappa shape index (κ1) is 23.8. The second-order valence-electron chi connectivity index (χ2n) is 8.69. The van der Waals surface area contributed by atoms with Crippen molar-refractivity contribution in [2.24, 2.45) is 11.0 Å². The summed E-state index contributed by atoms with van der Waals surface area (Å²) in [5.74, 6) is 0.208. The molecule has 8 nitrogen and oxygen atoms in total. The number of carbonyl (C=O) groups excluding carboxylic acids is 2. The number of hydrogen-bond acceptors (Lipinski definition) is 7. The Morgan fingerprint density at radius 3 is 2.71 bits per heavy atom. The molecule has 1 unspecified atom stereocenters. The molecule has 1 saturated heterocycles. The highest BCUT2D eigenvalue weighted by atomic mass is 16.5. The van der Waals surface area contributed by atoms with Crippen LogP contribution in [0.15, 0.2) is 47.6 Å². The third-order valence-electron chi connectivity index (χ3n) is 5.99. The number of piperidine rings is 1. The fraction of sp³-hybridized carbons (Fsp3) is 0.423. The number of esters is 1. The largest absolute Gasteiger partial charge is 0.493 e. The Labute approximate surface area is 199 Å². The number of carbonyl (C=O) groups is 2. The Balaban J connectivity index is 1.33. The van der Waals surface area contributed by atoms with Crippen LogP contribution < -0.4 is 10.1 Å². The number of ether oxygens (including phenoxy) is 2. The van der Waals surface area contributed by atoms with E-state index in [1.54, 1.807) is 12.1 Å². The standard InChI is InChI=1S/C26H31N3O5/c30-12-13-33-25(31)15-20-14-22-16-23(8-9-24(22)34-18-20)28-26(32)21-6-4-19(5-7-21)17-27-29-10-2-1-3-11-29/h4-9,16-17,20,30H,1-3,10-15,18H2,(H,28,32)/b27-17+. The van der Waals surface area contributed by atoms with E-state index in [9.17, 15) is 9.59 Å². The number of nitrogens with zero attached hydrogens (tertiary/aromatic N) is 2. The van der Waals surface area contributed by atoms with Gasteiger partial charge in [-0.1, -0.05) is 12.1 Å². The van der Waals surface area contributed by atoms with Crippen LogP contribution in [0.4, 0.5) is 5.69 Å². The highest BCUT2D eigenvalue weighted by molar-refractivity contribution is 6.04. The summed E-state index contributed by atoms with van der Waals surface area (Å²) < 4.78 is 10.7. The van der Waals surface area contributed by atoms with Gasteiger partial charge >= 0.3 is 5.97 Å². The molecule has 0 spiro atoms. The number of anilines is 1. The number of nitrogens with one attached hydrogen (secondary N) is 1. The monoisotopic (exact) mass is 465 g/mol. The number of fused-ring (bicyclic) bond motifs is 1. The molecule has 1 atom stereocenters. The zero-order valence-corrected chi connectivity index (χ0v) is 19.2. The number of hydrogen-bond donors (Lipinski definition) is 2. The van der Waals surface area contributed by atoms with Crippen LogP contribution >= 0.6 is 0 Å². The normalized spacial score (nSPS) is 17.7. The summed E-state index contributed by atoms with van der Waals surface area (Å²) in [5, 5.41) is 18.3. The molecule has 8 heteroatoms. The van der Waals surface area contributed by atoms with Gasteiger partial charge in [-0.2, -0.15) is 5.10 Å². The number of aliphatic hydroxyl groups is 1. The average molecular weight is 466 g/mol. The lowest BCUT2D eigenvalue weighted by molar-refractivity contribution is -0.146. The molecule has 2 aliphatic heterocycles. The zero-order chi connectivity index (χ0) is 23.8. The molecule has 2 aliphatic rings. The van der Waals surface area contributed by atoms with Crippen molar-refractivity contribution in [2.45, 2.75) is 32.1 Å². The van der Waals surface area contributed by atoms with E-state index in [4.69, 9.17) is 14.6 Å². The minimum atomic E-state index is -0.347. The molecule has 0 bridgehead atoms. The van der Waals surface area contributed by atoms with Crippen LogP contribution in [0.2, 0.25) is 0 Å². The van der Waals surface area contributed by atoms with E-state index in [2.05, 4.69) is 15.4 Å². The molecule has 2 heterocycles. The van der Waals surface area contributed by atoms with E-state index >= 15 is 0 Å². The van der Waals surface area contributed by atoms with Gasteiger partial charge in [0.15, 0.2) is 0 Å². The highest BCUT2D eigenvalue weighted by Gasteiger charge is 2.23. The predicted octanol–water partition coefficient (Wildman–Crippen LogP) is 3.24. The van der Waals surface area contributed by atoms with Gasteiger partial charge in [-0.05, 0) is 67.1 Å². The smallest absolute Gasteiger partial charge is 0.306 e. The average Bonchev–Trinajstić information content (AvgIpc) is 2.87. The van der Waals surface area contributed by atoms with Gasteiger partial charge in [0.25, 0.3) is 5.91 Å². The fourth-order valence-electron chi connectivity index (χ4n) is 4.19. The minimum Gasteiger partial charge on any atom is -0.493 e.